The van der Waals surface area contributed by atoms with Crippen molar-refractivity contribution in [2.24, 2.45) is 0 Å². The fourth-order valence-corrected chi connectivity index (χ4v) is 2.71. The molecule has 2 aromatic carbocycles. The summed E-state index contributed by atoms with van der Waals surface area (Å²) in [5, 5.41) is 3.35. The van der Waals surface area contributed by atoms with Crippen LogP contribution in [0.1, 0.15) is 34.5 Å². The van der Waals surface area contributed by atoms with E-state index in [1.807, 2.05) is 50.2 Å². The zero-order valence-corrected chi connectivity index (χ0v) is 15.8. The van der Waals surface area contributed by atoms with Gasteiger partial charge in [0.25, 0.3) is 5.91 Å². The molecule has 1 aromatic heterocycles. The number of benzene rings is 2. The van der Waals surface area contributed by atoms with Gasteiger partial charge in [-0.1, -0.05) is 41.4 Å². The van der Waals surface area contributed by atoms with E-state index >= 15 is 0 Å². The van der Waals surface area contributed by atoms with Crippen molar-refractivity contribution in [1.82, 2.24) is 4.98 Å². The highest BCUT2D eigenvalue weighted by Crippen LogP contribution is 2.29. The number of pyridine rings is 1. The summed E-state index contributed by atoms with van der Waals surface area (Å²) in [4.78, 5) is 16.4. The lowest BCUT2D eigenvalue weighted by atomic mass is 10.1. The Kier molecular flexibility index (Phi) is 5.62. The quantitative estimate of drug-likeness (QED) is 0.650. The average molecular weight is 382 g/mol. The normalized spacial score (nSPS) is 11.7. The van der Waals surface area contributed by atoms with Crippen molar-refractivity contribution in [3.63, 3.8) is 0 Å². The Morgan fingerprint density at radius 3 is 2.67 bits per heavy atom. The molecule has 3 aromatic rings. The molecule has 1 atom stereocenters. The number of nitrogens with one attached hydrogen (secondary N) is 1. The van der Waals surface area contributed by atoms with Gasteiger partial charge in [-0.3, -0.25) is 4.79 Å². The number of aromatic nitrogens is 1. The molecule has 0 saturated heterocycles. The Bertz CT molecular complexity index is 958. The molecule has 0 fully saturated rings. The van der Waals surface area contributed by atoms with Crippen LogP contribution in [0, 0.1) is 6.92 Å². The fourth-order valence-electron chi connectivity index (χ4n) is 2.56. The second kappa shape index (κ2) is 8.10. The van der Waals surface area contributed by atoms with Crippen LogP contribution in [0.3, 0.4) is 0 Å². The van der Waals surface area contributed by atoms with Gasteiger partial charge in [0.2, 0.25) is 0 Å². The van der Waals surface area contributed by atoms with Crippen LogP contribution in [0.4, 0.5) is 11.5 Å². The Labute approximate surface area is 163 Å². The number of carbonyl (C=O) groups excluding carboxylic acids is 1. The molecule has 6 heteroatoms. The third-order valence-corrected chi connectivity index (χ3v) is 4.29. The van der Waals surface area contributed by atoms with Crippen molar-refractivity contribution in [1.29, 1.82) is 0 Å². The number of hydrogen-bond acceptors (Lipinski definition) is 4. The summed E-state index contributed by atoms with van der Waals surface area (Å²) in [6.07, 6.45) is 1.17. The molecule has 27 heavy (non-hydrogen) atoms. The molecule has 0 radical (unpaired) electrons. The largest absolute Gasteiger partial charge is 0.482 e. The Morgan fingerprint density at radius 1 is 1.19 bits per heavy atom. The third-order valence-electron chi connectivity index (χ3n) is 4.08. The van der Waals surface area contributed by atoms with Gasteiger partial charge in [0, 0.05) is 23.5 Å². The second-order valence-electron chi connectivity index (χ2n) is 6.24. The van der Waals surface area contributed by atoms with E-state index in [0.29, 0.717) is 22.0 Å². The Morgan fingerprint density at radius 2 is 1.93 bits per heavy atom. The summed E-state index contributed by atoms with van der Waals surface area (Å²) in [5.41, 5.74) is 9.12. The number of nitrogens with zero attached hydrogens (tertiary/aromatic N) is 1. The van der Waals surface area contributed by atoms with Crippen LogP contribution in [-0.4, -0.2) is 10.9 Å². The molecule has 1 amide bonds. The lowest BCUT2D eigenvalue weighted by Crippen LogP contribution is -2.12. The van der Waals surface area contributed by atoms with Crippen molar-refractivity contribution in [2.75, 3.05) is 11.1 Å². The number of carbonyl (C=O) groups is 1. The molecular weight excluding hydrogens is 362 g/mol. The summed E-state index contributed by atoms with van der Waals surface area (Å²) in [6.45, 7) is 3.87. The van der Waals surface area contributed by atoms with Gasteiger partial charge in [-0.25, -0.2) is 4.98 Å². The maximum Gasteiger partial charge on any atom is 0.255 e. The zero-order chi connectivity index (χ0) is 19.4. The minimum absolute atomic E-state index is 0.163. The van der Waals surface area contributed by atoms with E-state index < -0.39 is 0 Å². The van der Waals surface area contributed by atoms with Gasteiger partial charge < -0.3 is 15.8 Å². The molecule has 0 aliphatic rings. The van der Waals surface area contributed by atoms with E-state index in [-0.39, 0.29) is 17.8 Å². The van der Waals surface area contributed by atoms with E-state index in [9.17, 15) is 4.79 Å². The van der Waals surface area contributed by atoms with Crippen LogP contribution in [0.25, 0.3) is 0 Å². The second-order valence-corrected chi connectivity index (χ2v) is 6.68. The Balaban J connectivity index is 1.73. The number of ether oxygens (including phenoxy) is 1. The van der Waals surface area contributed by atoms with Gasteiger partial charge >= 0.3 is 0 Å². The molecule has 138 valence electrons. The van der Waals surface area contributed by atoms with Gasteiger partial charge in [-0.2, -0.15) is 0 Å². The first-order valence-electron chi connectivity index (χ1n) is 8.48. The van der Waals surface area contributed by atoms with Gasteiger partial charge in [-0.15, -0.1) is 0 Å². The van der Waals surface area contributed by atoms with E-state index in [1.54, 1.807) is 18.2 Å². The van der Waals surface area contributed by atoms with Crippen LogP contribution >= 0.6 is 11.6 Å². The predicted octanol–water partition coefficient (Wildman–Crippen LogP) is 5.02. The van der Waals surface area contributed by atoms with Crippen molar-refractivity contribution in [2.45, 2.75) is 20.0 Å². The fraction of sp³-hybridized carbons (Fsp3) is 0.143. The number of anilines is 2. The molecule has 5 nitrogen and oxygen atoms in total. The lowest BCUT2D eigenvalue weighted by molar-refractivity contribution is 0.102. The van der Waals surface area contributed by atoms with Crippen LogP contribution in [0.2, 0.25) is 5.02 Å². The molecule has 0 spiro atoms. The molecule has 0 aliphatic carbocycles. The van der Waals surface area contributed by atoms with Crippen LogP contribution in [0.15, 0.2) is 60.8 Å². The highest BCUT2D eigenvalue weighted by atomic mass is 35.5. The lowest BCUT2D eigenvalue weighted by Gasteiger charge is -2.17. The summed E-state index contributed by atoms with van der Waals surface area (Å²) in [5.74, 6) is 0.531. The van der Waals surface area contributed by atoms with E-state index in [4.69, 9.17) is 22.1 Å². The maximum atomic E-state index is 12.4. The number of aryl methyl sites for hydroxylation is 1. The van der Waals surface area contributed by atoms with Crippen LogP contribution in [-0.2, 0) is 0 Å². The molecule has 3 N–H and O–H groups in total. The molecule has 3 rings (SSSR count). The van der Waals surface area contributed by atoms with Crippen molar-refractivity contribution in [3.05, 3.63) is 82.5 Å². The summed E-state index contributed by atoms with van der Waals surface area (Å²) >= 11 is 5.95. The Hall–Kier alpha value is -3.05. The van der Waals surface area contributed by atoms with E-state index in [2.05, 4.69) is 10.3 Å². The van der Waals surface area contributed by atoms with Crippen molar-refractivity contribution in [3.8, 4) is 5.75 Å². The molecule has 0 saturated carbocycles. The van der Waals surface area contributed by atoms with Gasteiger partial charge in [0.05, 0.1) is 5.02 Å². The first-order chi connectivity index (χ1) is 12.9. The highest BCUT2D eigenvalue weighted by molar-refractivity contribution is 6.30. The van der Waals surface area contributed by atoms with Crippen LogP contribution < -0.4 is 15.8 Å². The number of nitrogens with two attached hydrogens (primary N) is 1. The standard InChI is InChI=1S/C21H20ClN3O2/c1-13-6-8-15(9-7-13)21(26)25-18-5-3-4-16(10-18)14(2)27-19-11-17(22)12-24-20(19)23/h3-12,14H,1-2H3,(H2,23,24)(H,25,26)/t14-/m1/s1. The van der Waals surface area contributed by atoms with E-state index in [0.717, 1.165) is 11.1 Å². The predicted molar refractivity (Wildman–Crippen MR) is 108 cm³/mol. The van der Waals surface area contributed by atoms with Gasteiger partial charge in [0.15, 0.2) is 11.6 Å². The summed E-state index contributed by atoms with van der Waals surface area (Å²) < 4.78 is 5.89. The van der Waals surface area contributed by atoms with Gasteiger partial charge in [0.1, 0.15) is 6.10 Å². The highest BCUT2D eigenvalue weighted by Gasteiger charge is 2.12. The number of nitrogen functional groups attached to an aromatic ring is 1. The molecular formula is C21H20ClN3O2. The van der Waals surface area contributed by atoms with Crippen molar-refractivity contribution >= 4 is 29.0 Å². The number of hydrogen-bond donors (Lipinski definition) is 2. The first kappa shape index (κ1) is 18.7. The summed E-state index contributed by atoms with van der Waals surface area (Å²) in [6, 6.07) is 16.5. The number of halogens is 1. The summed E-state index contributed by atoms with van der Waals surface area (Å²) in [7, 11) is 0. The monoisotopic (exact) mass is 381 g/mol. The van der Waals surface area contributed by atoms with Crippen LogP contribution in [0.5, 0.6) is 5.75 Å². The van der Waals surface area contributed by atoms with Crippen molar-refractivity contribution < 1.29 is 9.53 Å². The minimum atomic E-state index is -0.302. The average Bonchev–Trinajstić information content (AvgIpc) is 2.65. The number of rotatable bonds is 5. The first-order valence-corrected chi connectivity index (χ1v) is 8.86. The minimum Gasteiger partial charge on any atom is -0.482 e. The third kappa shape index (κ3) is 4.77. The van der Waals surface area contributed by atoms with E-state index in [1.165, 1.54) is 6.20 Å². The van der Waals surface area contributed by atoms with Gasteiger partial charge in [-0.05, 0) is 43.7 Å². The molecule has 0 bridgehead atoms. The zero-order valence-electron chi connectivity index (χ0n) is 15.1. The number of amides is 1. The molecule has 0 aliphatic heterocycles. The SMILES string of the molecule is Cc1ccc(C(=O)Nc2cccc([C@@H](C)Oc3cc(Cl)cnc3N)c2)cc1. The molecule has 1 heterocycles. The molecule has 0 unspecified atom stereocenters. The smallest absolute Gasteiger partial charge is 0.255 e. The maximum absolute atomic E-state index is 12.4. The topological polar surface area (TPSA) is 77.2 Å².